The van der Waals surface area contributed by atoms with Gasteiger partial charge in [0.05, 0.1) is 17.1 Å². The van der Waals surface area contributed by atoms with E-state index in [1.54, 1.807) is 0 Å². The first-order chi connectivity index (χ1) is 19.8. The number of fused-ring (bicyclic) bond motifs is 4. The molecule has 8 rings (SSSR count). The average Bonchev–Trinajstić information content (AvgIpc) is 2.98. The molecule has 7 aliphatic rings. The molecule has 224 valence electrons. The van der Waals surface area contributed by atoms with E-state index in [1.807, 2.05) is 19.2 Å². The van der Waals surface area contributed by atoms with Crippen molar-refractivity contribution in [2.24, 2.45) is 47.2 Å². The first kappa shape index (κ1) is 28.2. The summed E-state index contributed by atoms with van der Waals surface area (Å²) < 4.78 is 7.80. The summed E-state index contributed by atoms with van der Waals surface area (Å²) in [5, 5.41) is 24.8. The van der Waals surface area contributed by atoms with Crippen LogP contribution in [-0.4, -0.2) is 40.6 Å². The summed E-state index contributed by atoms with van der Waals surface area (Å²) in [5.74, 6) is 10.2. The molecule has 6 fully saturated rings. The molecule has 0 radical (unpaired) electrons. The van der Waals surface area contributed by atoms with Gasteiger partial charge in [0.25, 0.3) is 0 Å². The van der Waals surface area contributed by atoms with E-state index in [-0.39, 0.29) is 35.6 Å². The maximum absolute atomic E-state index is 10.9. The standard InChI is InChI=1S/C36H52N2O3/c1-34(27-10-4-3-5-11-27)33-25-14-15-29(22-39)36(33,37)32-13-7-9-24-18-30(40)19-26(21-38-2)31(24)17-23-8-6-12-28(16-23)35(32,20-25)41-34/h18-19,23,25,27-29,32-33,38-40H,3-6,8-12,14-17,20-22,37H2,1-2H3. The number of nitrogens with two attached hydrogens (primary N) is 1. The third-order valence-corrected chi connectivity index (χ3v) is 13.1. The van der Waals surface area contributed by atoms with Gasteiger partial charge in [-0.3, -0.25) is 0 Å². The zero-order valence-electron chi connectivity index (χ0n) is 25.4. The summed E-state index contributed by atoms with van der Waals surface area (Å²) in [5.41, 5.74) is 10.5. The molecule has 1 spiro atoms. The van der Waals surface area contributed by atoms with E-state index in [9.17, 15) is 10.2 Å². The van der Waals surface area contributed by atoms with Gasteiger partial charge in [0.2, 0.25) is 0 Å². The number of hydrogen-bond acceptors (Lipinski definition) is 5. The van der Waals surface area contributed by atoms with Crippen molar-refractivity contribution >= 4 is 0 Å². The monoisotopic (exact) mass is 560 g/mol. The predicted octanol–water partition coefficient (Wildman–Crippen LogP) is 5.48. The predicted molar refractivity (Wildman–Crippen MR) is 162 cm³/mol. The topological polar surface area (TPSA) is 87.7 Å². The van der Waals surface area contributed by atoms with E-state index >= 15 is 0 Å². The molecule has 9 unspecified atom stereocenters. The number of rotatable bonds is 4. The number of ether oxygens (including phenoxy) is 1. The van der Waals surface area contributed by atoms with Crippen molar-refractivity contribution in [3.8, 4) is 17.6 Å². The lowest BCUT2D eigenvalue weighted by Crippen LogP contribution is -2.84. The van der Waals surface area contributed by atoms with Gasteiger partial charge in [0.1, 0.15) is 5.75 Å². The largest absolute Gasteiger partial charge is 0.508 e. The summed E-state index contributed by atoms with van der Waals surface area (Å²) in [4.78, 5) is 0. The number of aliphatic hydroxyl groups excluding tert-OH is 1. The Hall–Kier alpha value is -1.58. The van der Waals surface area contributed by atoms with Crippen molar-refractivity contribution in [3.63, 3.8) is 0 Å². The molecule has 1 aromatic carbocycles. The third kappa shape index (κ3) is 4.26. The van der Waals surface area contributed by atoms with Gasteiger partial charge in [-0.15, -0.1) is 0 Å². The second-order valence-electron chi connectivity index (χ2n) is 15.1. The number of hydrogen-bond donors (Lipinski definition) is 4. The summed E-state index contributed by atoms with van der Waals surface area (Å²) in [6.07, 6.45) is 16.2. The van der Waals surface area contributed by atoms with Crippen molar-refractivity contribution in [2.45, 2.75) is 120 Å². The highest BCUT2D eigenvalue weighted by molar-refractivity contribution is 5.45. The van der Waals surface area contributed by atoms with E-state index in [0.29, 0.717) is 35.8 Å². The Balaban J connectivity index is 1.39. The van der Waals surface area contributed by atoms with Crippen molar-refractivity contribution in [1.29, 1.82) is 0 Å². The molecule has 2 heterocycles. The Kier molecular flexibility index (Phi) is 7.26. The summed E-state index contributed by atoms with van der Waals surface area (Å²) in [6, 6.07) is 3.90. The van der Waals surface area contributed by atoms with E-state index in [0.717, 1.165) is 38.6 Å². The van der Waals surface area contributed by atoms with Crippen LogP contribution in [0.2, 0.25) is 0 Å². The van der Waals surface area contributed by atoms with Crippen molar-refractivity contribution in [2.75, 3.05) is 13.7 Å². The van der Waals surface area contributed by atoms with Gasteiger partial charge < -0.3 is 26.0 Å². The number of aromatic hydroxyl groups is 1. The summed E-state index contributed by atoms with van der Waals surface area (Å²) in [7, 11) is 1.98. The van der Waals surface area contributed by atoms with Gasteiger partial charge in [0.15, 0.2) is 0 Å². The highest BCUT2D eigenvalue weighted by Gasteiger charge is 2.75. The Bertz CT molecular complexity index is 1220. The van der Waals surface area contributed by atoms with Crippen LogP contribution in [0.25, 0.3) is 0 Å². The van der Waals surface area contributed by atoms with Crippen LogP contribution in [0.4, 0.5) is 0 Å². The van der Waals surface area contributed by atoms with E-state index in [4.69, 9.17) is 10.5 Å². The number of phenolic OH excluding ortho intramolecular Hbond substituents is 1. The zero-order chi connectivity index (χ0) is 28.4. The summed E-state index contributed by atoms with van der Waals surface area (Å²) in [6.45, 7) is 3.34. The average molecular weight is 561 g/mol. The smallest absolute Gasteiger partial charge is 0.116 e. The van der Waals surface area contributed by atoms with Crippen LogP contribution in [-0.2, 0) is 24.1 Å². The fourth-order valence-electron chi connectivity index (χ4n) is 11.6. The molecule has 0 aromatic heterocycles. The molecule has 5 nitrogen and oxygen atoms in total. The second-order valence-corrected chi connectivity index (χ2v) is 15.1. The van der Waals surface area contributed by atoms with Crippen LogP contribution >= 0.6 is 0 Å². The number of nitrogens with one attached hydrogen (secondary N) is 1. The molecule has 2 saturated heterocycles. The van der Waals surface area contributed by atoms with Crippen LogP contribution in [0, 0.1) is 53.3 Å². The Morgan fingerprint density at radius 2 is 1.85 bits per heavy atom. The Morgan fingerprint density at radius 3 is 2.63 bits per heavy atom. The minimum Gasteiger partial charge on any atom is -0.508 e. The van der Waals surface area contributed by atoms with Gasteiger partial charge in [-0.05, 0) is 118 Å². The van der Waals surface area contributed by atoms with Crippen LogP contribution < -0.4 is 11.1 Å². The van der Waals surface area contributed by atoms with Gasteiger partial charge in [-0.2, -0.15) is 0 Å². The quantitative estimate of drug-likeness (QED) is 0.367. The SMILES string of the molecule is CNCc1cc(O)cc2c1CC1CCCC(C1)C13CC4CCC(CO)C(N)(C4C(C)(C4CCCCC4)O1)C3C#CC2. The third-order valence-electron chi connectivity index (χ3n) is 13.1. The zero-order valence-corrected chi connectivity index (χ0v) is 25.4. The normalized spacial score (nSPS) is 43.7. The molecular formula is C36H52N2O3. The molecule has 9 atom stereocenters. The fraction of sp³-hybridized carbons (Fsp3) is 0.778. The van der Waals surface area contributed by atoms with E-state index in [1.165, 1.54) is 68.1 Å². The first-order valence-electron chi connectivity index (χ1n) is 16.9. The van der Waals surface area contributed by atoms with Crippen molar-refractivity contribution < 1.29 is 14.9 Å². The molecule has 2 aliphatic heterocycles. The lowest BCUT2D eigenvalue weighted by molar-refractivity contribution is -0.359. The maximum atomic E-state index is 10.9. The maximum Gasteiger partial charge on any atom is 0.116 e. The second kappa shape index (κ2) is 10.5. The molecule has 5 aliphatic carbocycles. The van der Waals surface area contributed by atoms with Crippen molar-refractivity contribution in [3.05, 3.63) is 28.8 Å². The lowest BCUT2D eigenvalue weighted by Gasteiger charge is -2.75. The molecule has 0 amide bonds. The molecule has 5 N–H and O–H groups in total. The molecule has 5 heteroatoms. The molecule has 4 saturated carbocycles. The summed E-state index contributed by atoms with van der Waals surface area (Å²) >= 11 is 0. The van der Waals surface area contributed by atoms with Crippen LogP contribution in [0.5, 0.6) is 5.75 Å². The Morgan fingerprint density at radius 1 is 1.05 bits per heavy atom. The van der Waals surface area contributed by atoms with Crippen molar-refractivity contribution in [1.82, 2.24) is 5.32 Å². The van der Waals surface area contributed by atoms with Crippen LogP contribution in [0.1, 0.15) is 101 Å². The van der Waals surface area contributed by atoms with Gasteiger partial charge in [-0.1, -0.05) is 43.9 Å². The molecular weight excluding hydrogens is 508 g/mol. The lowest BCUT2D eigenvalue weighted by atomic mass is 9.39. The highest BCUT2D eigenvalue weighted by Crippen LogP contribution is 2.69. The van der Waals surface area contributed by atoms with Gasteiger partial charge >= 0.3 is 0 Å². The first-order valence-corrected chi connectivity index (χ1v) is 16.9. The highest BCUT2D eigenvalue weighted by atomic mass is 16.5. The minimum absolute atomic E-state index is 0.0650. The van der Waals surface area contributed by atoms with Gasteiger partial charge in [0, 0.05) is 36.9 Å². The number of phenols is 1. The molecule has 6 bridgehead atoms. The van der Waals surface area contributed by atoms with Crippen LogP contribution in [0.3, 0.4) is 0 Å². The van der Waals surface area contributed by atoms with E-state index < -0.39 is 5.54 Å². The Labute approximate surface area is 247 Å². The molecule has 1 aromatic rings. The van der Waals surface area contributed by atoms with Crippen LogP contribution in [0.15, 0.2) is 12.1 Å². The minimum atomic E-state index is -0.534. The molecule has 41 heavy (non-hydrogen) atoms. The van der Waals surface area contributed by atoms with E-state index in [2.05, 4.69) is 24.1 Å². The number of aliphatic hydroxyl groups is 1. The fourth-order valence-corrected chi connectivity index (χ4v) is 11.6. The number of benzene rings is 1. The van der Waals surface area contributed by atoms with Gasteiger partial charge in [-0.25, -0.2) is 0 Å².